The van der Waals surface area contributed by atoms with Gasteiger partial charge in [0.1, 0.15) is 21.9 Å². The number of amides is 1. The molecule has 5 rings (SSSR count). The lowest BCUT2D eigenvalue weighted by Gasteiger charge is -2.31. The number of nitrogens with zero attached hydrogens (tertiary/aromatic N) is 6. The largest absolute Gasteiger partial charge is 0.615 e. The quantitative estimate of drug-likeness (QED) is 0.301. The van der Waals surface area contributed by atoms with Crippen molar-refractivity contribution in [1.29, 1.82) is 5.26 Å². The van der Waals surface area contributed by atoms with Gasteiger partial charge in [0.25, 0.3) is 0 Å². The molecule has 1 aliphatic carbocycles. The van der Waals surface area contributed by atoms with Gasteiger partial charge in [-0.05, 0) is 75.0 Å². The van der Waals surface area contributed by atoms with Crippen molar-refractivity contribution in [3.63, 3.8) is 0 Å². The minimum absolute atomic E-state index is 0.237. The third-order valence-electron chi connectivity index (χ3n) is 6.92. The molecule has 0 aromatic carbocycles. The normalized spacial score (nSPS) is 16.3. The van der Waals surface area contributed by atoms with Crippen molar-refractivity contribution in [2.45, 2.75) is 68.9 Å². The fourth-order valence-corrected chi connectivity index (χ4v) is 7.62. The van der Waals surface area contributed by atoms with E-state index in [4.69, 9.17) is 14.7 Å². The van der Waals surface area contributed by atoms with Crippen molar-refractivity contribution in [2.24, 2.45) is 7.05 Å². The molecule has 2 aliphatic rings. The van der Waals surface area contributed by atoms with Crippen LogP contribution in [0.5, 0.6) is 0 Å². The number of aromatic nitrogens is 4. The van der Waals surface area contributed by atoms with Crippen molar-refractivity contribution in [1.82, 2.24) is 24.6 Å². The number of hydrogen-bond acceptors (Lipinski definition) is 8. The summed E-state index contributed by atoms with van der Waals surface area (Å²) in [6.45, 7) is 6.52. The van der Waals surface area contributed by atoms with Gasteiger partial charge < -0.3 is 14.2 Å². The van der Waals surface area contributed by atoms with Crippen LogP contribution in [0.25, 0.3) is 22.5 Å². The molecule has 0 saturated heterocycles. The first-order valence-corrected chi connectivity index (χ1v) is 15.4. The summed E-state index contributed by atoms with van der Waals surface area (Å²) in [4.78, 5) is 24.0. The molecule has 1 aliphatic heterocycles. The summed E-state index contributed by atoms with van der Waals surface area (Å²) in [5.41, 5.74) is 4.72. The average Bonchev–Trinajstić information content (AvgIpc) is 3.29. The Morgan fingerprint density at radius 3 is 2.77 bits per heavy atom. The highest BCUT2D eigenvalue weighted by Crippen LogP contribution is 2.37. The van der Waals surface area contributed by atoms with Crippen LogP contribution in [0.3, 0.4) is 0 Å². The van der Waals surface area contributed by atoms with E-state index in [1.54, 1.807) is 22.0 Å². The smallest absolute Gasteiger partial charge is 0.410 e. The second-order valence-electron chi connectivity index (χ2n) is 10.9. The van der Waals surface area contributed by atoms with Gasteiger partial charge >= 0.3 is 6.09 Å². The van der Waals surface area contributed by atoms with Crippen molar-refractivity contribution in [3.05, 3.63) is 47.4 Å². The predicted octanol–water partition coefficient (Wildman–Crippen LogP) is 5.06. The van der Waals surface area contributed by atoms with Gasteiger partial charge in [-0.3, -0.25) is 9.67 Å². The number of carbonyl (C=O) groups excluding carboxylic acids is 1. The van der Waals surface area contributed by atoms with Crippen LogP contribution < -0.4 is 0 Å². The Labute approximate surface area is 236 Å². The first-order valence-electron chi connectivity index (χ1n) is 13.0. The highest BCUT2D eigenvalue weighted by molar-refractivity contribution is 8.12. The van der Waals surface area contributed by atoms with E-state index in [-0.39, 0.29) is 11.3 Å². The maximum atomic E-state index is 12.8. The van der Waals surface area contributed by atoms with Crippen molar-refractivity contribution in [3.8, 4) is 28.6 Å². The maximum Gasteiger partial charge on any atom is 0.410 e. The van der Waals surface area contributed by atoms with E-state index in [1.165, 1.54) is 11.8 Å². The fraction of sp³-hybridized carbons (Fsp3) is 0.464. The molecule has 3 aromatic rings. The Kier molecular flexibility index (Phi) is 7.89. The number of aryl methyl sites for hydroxylation is 1. The predicted molar refractivity (Wildman–Crippen MR) is 151 cm³/mol. The molecule has 1 atom stereocenters. The molecule has 3 aromatic heterocycles. The van der Waals surface area contributed by atoms with E-state index in [1.807, 2.05) is 46.0 Å². The monoisotopic (exact) mass is 564 g/mol. The molecule has 0 spiro atoms. The zero-order valence-electron chi connectivity index (χ0n) is 22.6. The van der Waals surface area contributed by atoms with Gasteiger partial charge in [-0.2, -0.15) is 10.4 Å². The first-order chi connectivity index (χ1) is 18.6. The zero-order valence-corrected chi connectivity index (χ0v) is 24.3. The Balaban J connectivity index is 1.50. The third kappa shape index (κ3) is 6.08. The van der Waals surface area contributed by atoms with E-state index in [0.29, 0.717) is 46.4 Å². The molecule has 39 heavy (non-hydrogen) atoms. The topological polar surface area (TPSA) is 120 Å². The molecule has 0 radical (unpaired) electrons. The summed E-state index contributed by atoms with van der Waals surface area (Å²) in [6.07, 6.45) is 6.90. The van der Waals surface area contributed by atoms with Gasteiger partial charge in [0.2, 0.25) is 0 Å². The van der Waals surface area contributed by atoms with Crippen LogP contribution in [0, 0.1) is 11.3 Å². The Morgan fingerprint density at radius 2 is 2.13 bits per heavy atom. The summed E-state index contributed by atoms with van der Waals surface area (Å²) in [5, 5.41) is 15.6. The maximum absolute atomic E-state index is 12.8. The van der Waals surface area contributed by atoms with Crippen LogP contribution in [0.15, 0.2) is 35.6 Å². The summed E-state index contributed by atoms with van der Waals surface area (Å²) >= 11 is 0.397. The Hall–Kier alpha value is -3.07. The minimum atomic E-state index is -0.971. The number of rotatable bonds is 6. The van der Waals surface area contributed by atoms with Crippen LogP contribution in [-0.4, -0.2) is 57.8 Å². The molecule has 11 heteroatoms. The van der Waals surface area contributed by atoms with Gasteiger partial charge in [0, 0.05) is 49.2 Å². The molecule has 1 saturated carbocycles. The lowest BCUT2D eigenvalue weighted by molar-refractivity contribution is 0.0223. The van der Waals surface area contributed by atoms with E-state index in [2.05, 4.69) is 11.2 Å². The zero-order chi connectivity index (χ0) is 27.7. The molecule has 4 heterocycles. The molecular weight excluding hydrogens is 532 g/mol. The van der Waals surface area contributed by atoms with Crippen LogP contribution in [0.4, 0.5) is 4.79 Å². The molecule has 1 amide bonds. The molecule has 204 valence electrons. The van der Waals surface area contributed by atoms with Gasteiger partial charge in [0.05, 0.1) is 23.5 Å². The standard InChI is InChI=1S/C28H32N6O3S2/c1-28(2,3)37-27(35)34-11-9-23-19(16-34)12-18(15-30-23)24-13-21(25-8-10-31-33(25)4)22(14-29)26(32-24)38-17-39(36)20-6-5-7-20/h8,10,12-13,15,20H,5-7,9,11,16-17H2,1-4H3. The highest BCUT2D eigenvalue weighted by Gasteiger charge is 2.30. The Morgan fingerprint density at radius 1 is 1.33 bits per heavy atom. The second kappa shape index (κ2) is 11.2. The number of carbonyl (C=O) groups is 1. The molecule has 1 unspecified atom stereocenters. The van der Waals surface area contributed by atoms with E-state index in [0.717, 1.165) is 41.8 Å². The fourth-order valence-electron chi connectivity index (χ4n) is 4.61. The molecule has 9 nitrogen and oxygen atoms in total. The third-order valence-corrected chi connectivity index (χ3v) is 10.1. The molecular formula is C28H32N6O3S2. The number of nitriles is 1. The molecule has 0 bridgehead atoms. The lowest BCUT2D eigenvalue weighted by Crippen LogP contribution is -2.40. The minimum Gasteiger partial charge on any atom is -0.615 e. The average molecular weight is 565 g/mol. The Bertz CT molecular complexity index is 1420. The number of ether oxygens (including phenoxy) is 1. The summed E-state index contributed by atoms with van der Waals surface area (Å²) < 4.78 is 20.1. The summed E-state index contributed by atoms with van der Waals surface area (Å²) in [6, 6.07) is 8.10. The van der Waals surface area contributed by atoms with Gasteiger partial charge in [0.15, 0.2) is 5.08 Å². The van der Waals surface area contributed by atoms with Crippen molar-refractivity contribution < 1.29 is 14.1 Å². The first kappa shape index (κ1) is 27.5. The van der Waals surface area contributed by atoms with Crippen molar-refractivity contribution >= 4 is 29.0 Å². The van der Waals surface area contributed by atoms with E-state index >= 15 is 0 Å². The van der Waals surface area contributed by atoms with Crippen LogP contribution in [0.1, 0.15) is 56.9 Å². The van der Waals surface area contributed by atoms with Gasteiger partial charge in [-0.25, -0.2) is 9.78 Å². The van der Waals surface area contributed by atoms with E-state index < -0.39 is 16.8 Å². The molecule has 0 N–H and O–H groups in total. The van der Waals surface area contributed by atoms with Gasteiger partial charge in [-0.15, -0.1) is 0 Å². The van der Waals surface area contributed by atoms with Gasteiger partial charge in [-0.1, -0.05) is 11.8 Å². The van der Waals surface area contributed by atoms with E-state index in [9.17, 15) is 14.6 Å². The highest BCUT2D eigenvalue weighted by atomic mass is 32.3. The number of hydrogen-bond donors (Lipinski definition) is 0. The van der Waals surface area contributed by atoms with Crippen LogP contribution in [0.2, 0.25) is 0 Å². The van der Waals surface area contributed by atoms with Crippen molar-refractivity contribution in [2.75, 3.05) is 11.6 Å². The summed E-state index contributed by atoms with van der Waals surface area (Å²) in [7, 11) is 1.83. The van der Waals surface area contributed by atoms with Crippen LogP contribution >= 0.6 is 11.8 Å². The van der Waals surface area contributed by atoms with Crippen LogP contribution in [-0.2, 0) is 35.9 Å². The SMILES string of the molecule is Cn1nccc1-c1cc(-c2cnc3c(c2)CN(C(=O)OC(C)(C)C)CC3)nc(SC[S+]([O-])C2CCC2)c1C#N. The second-order valence-corrected chi connectivity index (χ2v) is 13.9. The number of fused-ring (bicyclic) bond motifs is 1. The summed E-state index contributed by atoms with van der Waals surface area (Å²) in [5.74, 6) is 0. The molecule has 1 fully saturated rings. The lowest BCUT2D eigenvalue weighted by atomic mass is 10.0. The number of pyridine rings is 2. The number of thioether (sulfide) groups is 1.